The van der Waals surface area contributed by atoms with E-state index in [1.165, 1.54) is 0 Å². The lowest BCUT2D eigenvalue weighted by Gasteiger charge is -2.14. The zero-order chi connectivity index (χ0) is 9.84. The number of alkyl halides is 1. The maximum absolute atomic E-state index is 11.9. The maximum Gasteiger partial charge on any atom is 0.117 e. The monoisotopic (exact) mass is 186 g/mol. The number of aryl methyl sites for hydroxylation is 2. The number of nitrogens with zero attached hydrogens (tertiary/aromatic N) is 1. The van der Waals surface area contributed by atoms with Gasteiger partial charge >= 0.3 is 0 Å². The van der Waals surface area contributed by atoms with Gasteiger partial charge in [-0.3, -0.25) is 4.68 Å². The third kappa shape index (κ3) is 2.45. The molecule has 0 aliphatic rings. The van der Waals surface area contributed by atoms with Crippen molar-refractivity contribution in [2.45, 2.75) is 20.0 Å². The fraction of sp³-hybridized carbons (Fsp3) is 0.556. The zero-order valence-corrected chi connectivity index (χ0v) is 7.92. The van der Waals surface area contributed by atoms with Gasteiger partial charge in [0.15, 0.2) is 0 Å². The summed E-state index contributed by atoms with van der Waals surface area (Å²) in [5, 5.41) is 8.99. The van der Waals surface area contributed by atoms with E-state index in [9.17, 15) is 4.39 Å². The van der Waals surface area contributed by atoms with Crippen molar-refractivity contribution in [2.75, 3.05) is 18.6 Å². The molecule has 0 bridgehead atoms. The van der Waals surface area contributed by atoms with Crippen LogP contribution in [-0.4, -0.2) is 29.1 Å². The molecule has 3 nitrogen and oxygen atoms in total. The number of nitrogens with one attached hydrogen (secondary N) is 1. The minimum Gasteiger partial charge on any atom is -0.388 e. The number of aliphatic hydroxyl groups is 1. The summed E-state index contributed by atoms with van der Waals surface area (Å²) >= 11 is 0. The highest BCUT2D eigenvalue weighted by Gasteiger charge is 2.04. The Morgan fingerprint density at radius 2 is 2.00 bits per heavy atom. The van der Waals surface area contributed by atoms with Crippen molar-refractivity contribution in [2.24, 2.45) is 0 Å². The molecule has 0 amide bonds. The van der Waals surface area contributed by atoms with Crippen molar-refractivity contribution in [3.8, 4) is 0 Å². The van der Waals surface area contributed by atoms with Crippen LogP contribution in [0.25, 0.3) is 0 Å². The van der Waals surface area contributed by atoms with Gasteiger partial charge in [-0.05, 0) is 26.0 Å². The molecule has 0 aromatic carbocycles. The molecule has 2 N–H and O–H groups in total. The van der Waals surface area contributed by atoms with Crippen LogP contribution >= 0.6 is 0 Å². The minimum atomic E-state index is -0.929. The number of aromatic nitrogens is 1. The molecule has 0 fully saturated rings. The third-order valence-corrected chi connectivity index (χ3v) is 1.93. The van der Waals surface area contributed by atoms with E-state index in [2.05, 4.69) is 5.43 Å². The largest absolute Gasteiger partial charge is 0.388 e. The van der Waals surface area contributed by atoms with Crippen molar-refractivity contribution in [1.82, 2.24) is 4.68 Å². The predicted molar refractivity (Wildman–Crippen MR) is 50.1 cm³/mol. The van der Waals surface area contributed by atoms with Crippen LogP contribution in [0, 0.1) is 13.8 Å². The number of hydrogen-bond acceptors (Lipinski definition) is 2. The Bertz CT molecular complexity index is 253. The fourth-order valence-corrected chi connectivity index (χ4v) is 1.17. The van der Waals surface area contributed by atoms with E-state index in [0.29, 0.717) is 0 Å². The van der Waals surface area contributed by atoms with Crippen molar-refractivity contribution >= 4 is 0 Å². The van der Waals surface area contributed by atoms with Crippen LogP contribution in [0.4, 0.5) is 4.39 Å². The first-order valence-electron chi connectivity index (χ1n) is 4.28. The average molecular weight is 186 g/mol. The summed E-state index contributed by atoms with van der Waals surface area (Å²) < 4.78 is 13.7. The molecule has 74 valence electrons. The SMILES string of the molecule is Cc1ccc(C)n1NCC(O)CF. The first kappa shape index (κ1) is 10.1. The van der Waals surface area contributed by atoms with Crippen molar-refractivity contribution in [3.63, 3.8) is 0 Å². The molecule has 0 aliphatic carbocycles. The van der Waals surface area contributed by atoms with E-state index >= 15 is 0 Å². The van der Waals surface area contributed by atoms with Crippen molar-refractivity contribution in [3.05, 3.63) is 23.5 Å². The maximum atomic E-state index is 11.9. The van der Waals surface area contributed by atoms with Gasteiger partial charge in [0, 0.05) is 11.4 Å². The van der Waals surface area contributed by atoms with Gasteiger partial charge in [0.05, 0.1) is 6.54 Å². The van der Waals surface area contributed by atoms with Crippen LogP contribution in [0.3, 0.4) is 0 Å². The average Bonchev–Trinajstić information content (AvgIpc) is 2.43. The molecule has 1 unspecified atom stereocenters. The van der Waals surface area contributed by atoms with Crippen LogP contribution in [0.15, 0.2) is 12.1 Å². The second kappa shape index (κ2) is 4.28. The predicted octanol–water partition coefficient (Wildman–Crippen LogP) is 0.979. The second-order valence-corrected chi connectivity index (χ2v) is 3.12. The minimum absolute atomic E-state index is 0.229. The number of hydrogen-bond donors (Lipinski definition) is 2. The quantitative estimate of drug-likeness (QED) is 0.735. The summed E-state index contributed by atoms with van der Waals surface area (Å²) in [6.07, 6.45) is -0.929. The smallest absolute Gasteiger partial charge is 0.117 e. The summed E-state index contributed by atoms with van der Waals surface area (Å²) in [6, 6.07) is 3.92. The van der Waals surface area contributed by atoms with E-state index in [1.54, 1.807) is 0 Å². The second-order valence-electron chi connectivity index (χ2n) is 3.12. The Balaban J connectivity index is 2.53. The van der Waals surface area contributed by atoms with E-state index in [4.69, 9.17) is 5.11 Å². The standard InChI is InChI=1S/C9H15FN2O/c1-7-3-4-8(2)12(7)11-6-9(13)5-10/h3-4,9,11,13H,5-6H2,1-2H3. The Morgan fingerprint density at radius 1 is 1.46 bits per heavy atom. The van der Waals surface area contributed by atoms with Crippen LogP contribution in [0.1, 0.15) is 11.4 Å². The van der Waals surface area contributed by atoms with E-state index in [1.807, 2.05) is 30.7 Å². The van der Waals surface area contributed by atoms with Gasteiger partial charge in [0.25, 0.3) is 0 Å². The lowest BCUT2D eigenvalue weighted by Crippen LogP contribution is -2.28. The first-order chi connectivity index (χ1) is 6.15. The van der Waals surface area contributed by atoms with Crippen LogP contribution in [0.5, 0.6) is 0 Å². The highest BCUT2D eigenvalue weighted by atomic mass is 19.1. The van der Waals surface area contributed by atoms with Crippen molar-refractivity contribution < 1.29 is 9.50 Å². The van der Waals surface area contributed by atoms with Crippen LogP contribution in [-0.2, 0) is 0 Å². The molecule has 0 radical (unpaired) electrons. The molecule has 1 aromatic rings. The van der Waals surface area contributed by atoms with Crippen LogP contribution < -0.4 is 5.43 Å². The molecule has 0 spiro atoms. The van der Waals surface area contributed by atoms with Crippen LogP contribution in [0.2, 0.25) is 0 Å². The number of aliphatic hydroxyl groups excluding tert-OH is 1. The summed E-state index contributed by atoms with van der Waals surface area (Å²) in [7, 11) is 0. The third-order valence-electron chi connectivity index (χ3n) is 1.93. The van der Waals surface area contributed by atoms with E-state index < -0.39 is 12.8 Å². The Hall–Kier alpha value is -1.03. The summed E-state index contributed by atoms with van der Waals surface area (Å²) in [4.78, 5) is 0. The normalized spacial score (nSPS) is 12.9. The zero-order valence-electron chi connectivity index (χ0n) is 7.92. The van der Waals surface area contributed by atoms with E-state index in [0.717, 1.165) is 11.4 Å². The lowest BCUT2D eigenvalue weighted by atomic mass is 10.4. The highest BCUT2D eigenvalue weighted by molar-refractivity contribution is 5.15. The van der Waals surface area contributed by atoms with E-state index in [-0.39, 0.29) is 6.54 Å². The molecular formula is C9H15FN2O. The van der Waals surface area contributed by atoms with Gasteiger partial charge in [-0.15, -0.1) is 0 Å². The van der Waals surface area contributed by atoms with Crippen molar-refractivity contribution in [1.29, 1.82) is 0 Å². The molecule has 1 atom stereocenters. The van der Waals surface area contributed by atoms with Gasteiger partial charge < -0.3 is 10.5 Å². The van der Waals surface area contributed by atoms with Gasteiger partial charge in [-0.1, -0.05) is 0 Å². The fourth-order valence-electron chi connectivity index (χ4n) is 1.17. The molecular weight excluding hydrogens is 171 g/mol. The molecule has 4 heteroatoms. The topological polar surface area (TPSA) is 37.2 Å². The first-order valence-corrected chi connectivity index (χ1v) is 4.28. The summed E-state index contributed by atoms with van der Waals surface area (Å²) in [6.45, 7) is 3.41. The van der Waals surface area contributed by atoms with Gasteiger partial charge in [0.2, 0.25) is 0 Å². The molecule has 0 aliphatic heterocycles. The highest BCUT2D eigenvalue weighted by Crippen LogP contribution is 2.03. The molecule has 1 aromatic heterocycles. The lowest BCUT2D eigenvalue weighted by molar-refractivity contribution is 0.148. The van der Waals surface area contributed by atoms with Gasteiger partial charge in [-0.25, -0.2) is 4.39 Å². The Labute approximate surface area is 77.2 Å². The molecule has 1 rings (SSSR count). The summed E-state index contributed by atoms with van der Waals surface area (Å²) in [5.74, 6) is 0. The number of rotatable bonds is 4. The summed E-state index contributed by atoms with van der Waals surface area (Å²) in [5.41, 5.74) is 5.03. The molecule has 1 heterocycles. The van der Waals surface area contributed by atoms with Gasteiger partial charge in [-0.2, -0.15) is 0 Å². The molecule has 13 heavy (non-hydrogen) atoms. The Kier molecular flexibility index (Phi) is 3.31. The number of halogens is 1. The Morgan fingerprint density at radius 3 is 2.46 bits per heavy atom. The molecule has 0 saturated heterocycles. The molecule has 0 saturated carbocycles. The van der Waals surface area contributed by atoms with Gasteiger partial charge in [0.1, 0.15) is 12.8 Å².